The molecule has 2 aromatic carbocycles. The van der Waals surface area contributed by atoms with E-state index in [1.165, 1.54) is 36.7 Å². The summed E-state index contributed by atoms with van der Waals surface area (Å²) in [5, 5.41) is 7.63. The quantitative estimate of drug-likeness (QED) is 0.363. The lowest BCUT2D eigenvalue weighted by Crippen LogP contribution is -2.18. The number of benzene rings is 2. The van der Waals surface area contributed by atoms with Crippen molar-refractivity contribution in [1.29, 1.82) is 0 Å². The van der Waals surface area contributed by atoms with Crippen LogP contribution >= 0.6 is 0 Å². The molecule has 0 heterocycles. The van der Waals surface area contributed by atoms with Gasteiger partial charge in [-0.15, -0.1) is 0 Å². The van der Waals surface area contributed by atoms with Gasteiger partial charge < -0.3 is 0 Å². The number of unbranched alkanes of at least 4 members (excludes halogenated alkanes) is 2. The topological polar surface area (TPSA) is 82.9 Å². The molecular formula is C21H22F2N4O2. The van der Waals surface area contributed by atoms with Gasteiger partial charge in [-0.3, -0.25) is 9.59 Å². The molecule has 0 spiro atoms. The Hall–Kier alpha value is -3.42. The second-order valence-corrected chi connectivity index (χ2v) is 6.25. The third-order valence-corrected chi connectivity index (χ3v) is 3.85. The summed E-state index contributed by atoms with van der Waals surface area (Å²) in [5.41, 5.74) is 6.18. The van der Waals surface area contributed by atoms with Gasteiger partial charge in [0.25, 0.3) is 0 Å². The monoisotopic (exact) mass is 400 g/mol. The average Bonchev–Trinajstić information content (AvgIpc) is 2.71. The number of halogens is 2. The van der Waals surface area contributed by atoms with E-state index in [0.29, 0.717) is 43.2 Å². The molecule has 0 bridgehead atoms. The molecule has 0 aromatic heterocycles. The van der Waals surface area contributed by atoms with Crippen molar-refractivity contribution in [3.8, 4) is 0 Å². The van der Waals surface area contributed by atoms with E-state index in [2.05, 4.69) is 21.1 Å². The molecule has 0 aliphatic rings. The number of rotatable bonds is 10. The highest BCUT2D eigenvalue weighted by molar-refractivity contribution is 5.83. The molecule has 0 fully saturated rings. The van der Waals surface area contributed by atoms with Crippen molar-refractivity contribution < 1.29 is 18.4 Å². The predicted octanol–water partition coefficient (Wildman–Crippen LogP) is 3.52. The van der Waals surface area contributed by atoms with Crippen molar-refractivity contribution >= 4 is 24.2 Å². The summed E-state index contributed by atoms with van der Waals surface area (Å²) in [6, 6.07) is 11.5. The van der Waals surface area contributed by atoms with Crippen molar-refractivity contribution in [3.05, 3.63) is 71.3 Å². The summed E-state index contributed by atoms with van der Waals surface area (Å²) in [6.07, 6.45) is 5.44. The van der Waals surface area contributed by atoms with Gasteiger partial charge in [0.15, 0.2) is 0 Å². The van der Waals surface area contributed by atoms with E-state index in [1.54, 1.807) is 24.3 Å². The van der Waals surface area contributed by atoms with Crippen LogP contribution in [-0.4, -0.2) is 24.2 Å². The zero-order valence-corrected chi connectivity index (χ0v) is 15.8. The maximum Gasteiger partial charge on any atom is 0.240 e. The first kappa shape index (κ1) is 21.9. The second-order valence-electron chi connectivity index (χ2n) is 6.25. The molecule has 2 amide bonds. The summed E-state index contributed by atoms with van der Waals surface area (Å²) in [6.45, 7) is 0. The van der Waals surface area contributed by atoms with Crippen molar-refractivity contribution in [3.63, 3.8) is 0 Å². The van der Waals surface area contributed by atoms with E-state index in [4.69, 9.17) is 0 Å². The van der Waals surface area contributed by atoms with E-state index in [-0.39, 0.29) is 23.4 Å². The van der Waals surface area contributed by atoms with Crippen LogP contribution < -0.4 is 10.9 Å². The minimum absolute atomic E-state index is 0.225. The summed E-state index contributed by atoms with van der Waals surface area (Å²) in [4.78, 5) is 23.3. The molecule has 152 valence electrons. The maximum absolute atomic E-state index is 12.8. The van der Waals surface area contributed by atoms with Crippen LogP contribution in [0.15, 0.2) is 58.7 Å². The number of nitrogens with one attached hydrogen (secondary N) is 2. The Morgan fingerprint density at radius 1 is 0.690 bits per heavy atom. The molecular weight excluding hydrogens is 378 g/mol. The first-order valence-electron chi connectivity index (χ1n) is 9.18. The Morgan fingerprint density at radius 3 is 1.45 bits per heavy atom. The molecule has 0 aliphatic carbocycles. The molecule has 2 rings (SSSR count). The molecule has 2 N–H and O–H groups in total. The van der Waals surface area contributed by atoms with E-state index >= 15 is 0 Å². The normalized spacial score (nSPS) is 11.1. The number of nitrogens with zero attached hydrogens (tertiary/aromatic N) is 2. The maximum atomic E-state index is 12.8. The van der Waals surface area contributed by atoms with Gasteiger partial charge in [-0.25, -0.2) is 19.6 Å². The van der Waals surface area contributed by atoms with Gasteiger partial charge in [0, 0.05) is 12.8 Å². The minimum Gasteiger partial charge on any atom is -0.273 e. The Kier molecular flexibility index (Phi) is 9.14. The summed E-state index contributed by atoms with van der Waals surface area (Å²) < 4.78 is 25.6. The van der Waals surface area contributed by atoms with Crippen molar-refractivity contribution in [1.82, 2.24) is 10.9 Å². The lowest BCUT2D eigenvalue weighted by Gasteiger charge is -2.01. The zero-order valence-electron chi connectivity index (χ0n) is 15.8. The lowest BCUT2D eigenvalue weighted by molar-refractivity contribution is -0.121. The highest BCUT2D eigenvalue weighted by atomic mass is 19.1. The standard InChI is InChI=1S/C21H22F2N4O2/c22-18-10-6-16(7-11-18)14-24-26-20(28)4-2-1-3-5-21(29)27-25-15-17-8-12-19(23)13-9-17/h6-15H,1-5H2,(H,26,28)(H,27,29)/b24-14-,25-15-. The Balaban J connectivity index is 1.53. The molecule has 29 heavy (non-hydrogen) atoms. The highest BCUT2D eigenvalue weighted by Crippen LogP contribution is 2.04. The minimum atomic E-state index is -0.334. The fraction of sp³-hybridized carbons (Fsp3) is 0.238. The Bertz CT molecular complexity index is 778. The first-order chi connectivity index (χ1) is 14.0. The SMILES string of the molecule is O=C(CCCCCC(=O)N/N=C\c1ccc(F)cc1)N/N=C\c1ccc(F)cc1. The van der Waals surface area contributed by atoms with Gasteiger partial charge in [-0.05, 0) is 48.2 Å². The molecule has 8 heteroatoms. The van der Waals surface area contributed by atoms with E-state index in [9.17, 15) is 18.4 Å². The third-order valence-electron chi connectivity index (χ3n) is 3.85. The fourth-order valence-corrected chi connectivity index (χ4v) is 2.32. The van der Waals surface area contributed by atoms with Crippen molar-refractivity contribution in [2.24, 2.45) is 10.2 Å². The van der Waals surface area contributed by atoms with Crippen LogP contribution in [0.25, 0.3) is 0 Å². The molecule has 0 saturated carbocycles. The molecule has 6 nitrogen and oxygen atoms in total. The molecule has 0 unspecified atom stereocenters. The van der Waals surface area contributed by atoms with Crippen molar-refractivity contribution in [2.45, 2.75) is 32.1 Å². The van der Waals surface area contributed by atoms with Crippen LogP contribution in [0.1, 0.15) is 43.2 Å². The zero-order chi connectivity index (χ0) is 20.9. The molecule has 0 radical (unpaired) electrons. The van der Waals surface area contributed by atoms with Crippen LogP contribution in [0.4, 0.5) is 8.78 Å². The number of hydrogen-bond donors (Lipinski definition) is 2. The van der Waals surface area contributed by atoms with E-state index < -0.39 is 0 Å². The van der Waals surface area contributed by atoms with Gasteiger partial charge in [0.2, 0.25) is 11.8 Å². The lowest BCUT2D eigenvalue weighted by atomic mass is 10.1. The van der Waals surface area contributed by atoms with Crippen molar-refractivity contribution in [2.75, 3.05) is 0 Å². The van der Waals surface area contributed by atoms with E-state index in [0.717, 1.165) is 0 Å². The molecule has 0 aliphatic heterocycles. The average molecular weight is 400 g/mol. The first-order valence-corrected chi connectivity index (χ1v) is 9.18. The fourth-order valence-electron chi connectivity index (χ4n) is 2.32. The largest absolute Gasteiger partial charge is 0.273 e. The van der Waals surface area contributed by atoms with Gasteiger partial charge in [-0.2, -0.15) is 10.2 Å². The number of hydrazone groups is 2. The molecule has 0 atom stereocenters. The van der Waals surface area contributed by atoms with Gasteiger partial charge >= 0.3 is 0 Å². The van der Waals surface area contributed by atoms with Crippen LogP contribution in [0.5, 0.6) is 0 Å². The summed E-state index contributed by atoms with van der Waals surface area (Å²) in [5.74, 6) is -1.12. The number of carbonyl (C=O) groups excluding carboxylic acids is 2. The smallest absolute Gasteiger partial charge is 0.240 e. The molecule has 0 saturated heterocycles. The van der Waals surface area contributed by atoms with Crippen LogP contribution in [0.2, 0.25) is 0 Å². The molecule has 2 aromatic rings. The Morgan fingerprint density at radius 2 is 1.07 bits per heavy atom. The second kappa shape index (κ2) is 12.1. The van der Waals surface area contributed by atoms with Crippen LogP contribution in [0, 0.1) is 11.6 Å². The third kappa shape index (κ3) is 9.37. The van der Waals surface area contributed by atoms with E-state index in [1.807, 2.05) is 0 Å². The summed E-state index contributed by atoms with van der Waals surface area (Å²) >= 11 is 0. The predicted molar refractivity (Wildman–Crippen MR) is 107 cm³/mol. The van der Waals surface area contributed by atoms with Gasteiger partial charge in [0.05, 0.1) is 12.4 Å². The van der Waals surface area contributed by atoms with Gasteiger partial charge in [0.1, 0.15) is 11.6 Å². The van der Waals surface area contributed by atoms with Gasteiger partial charge in [-0.1, -0.05) is 30.7 Å². The number of hydrogen-bond acceptors (Lipinski definition) is 4. The Labute approximate surface area is 167 Å². The van der Waals surface area contributed by atoms with Crippen LogP contribution in [0.3, 0.4) is 0 Å². The number of carbonyl (C=O) groups is 2. The number of amides is 2. The highest BCUT2D eigenvalue weighted by Gasteiger charge is 2.02. The van der Waals surface area contributed by atoms with Crippen LogP contribution in [-0.2, 0) is 9.59 Å². The summed E-state index contributed by atoms with van der Waals surface area (Å²) in [7, 11) is 0.